The molecule has 9 nitrogen and oxygen atoms in total. The minimum atomic E-state index is -1.98. The van der Waals surface area contributed by atoms with Crippen molar-refractivity contribution in [2.75, 3.05) is 6.61 Å². The van der Waals surface area contributed by atoms with Crippen LogP contribution in [0.1, 0.15) is 26.9 Å². The first-order valence-corrected chi connectivity index (χ1v) is 10.0. The lowest BCUT2D eigenvalue weighted by Gasteiger charge is -2.19. The number of hydrogen-bond acceptors (Lipinski definition) is 7. The van der Waals surface area contributed by atoms with Crippen LogP contribution >= 0.6 is 0 Å². The Bertz CT molecular complexity index is 1240. The van der Waals surface area contributed by atoms with E-state index >= 15 is 4.39 Å². The van der Waals surface area contributed by atoms with Gasteiger partial charge >= 0.3 is 17.6 Å². The summed E-state index contributed by atoms with van der Waals surface area (Å²) in [5, 5.41) is 0. The molecule has 0 saturated carbocycles. The summed E-state index contributed by atoms with van der Waals surface area (Å²) in [4.78, 5) is 50.4. The molecule has 33 heavy (non-hydrogen) atoms. The van der Waals surface area contributed by atoms with E-state index in [0.29, 0.717) is 0 Å². The Hall–Kier alpha value is -4.05. The van der Waals surface area contributed by atoms with E-state index in [1.165, 1.54) is 12.1 Å². The summed E-state index contributed by atoms with van der Waals surface area (Å²) in [6, 6.07) is 17.1. The summed E-state index contributed by atoms with van der Waals surface area (Å²) in [5.74, 6) is -1.48. The van der Waals surface area contributed by atoms with Gasteiger partial charge in [-0.1, -0.05) is 36.4 Å². The number of carbonyl (C=O) groups excluding carboxylic acids is 2. The minimum Gasteiger partial charge on any atom is -0.459 e. The smallest absolute Gasteiger partial charge is 0.338 e. The van der Waals surface area contributed by atoms with Crippen molar-refractivity contribution in [1.82, 2.24) is 9.55 Å². The number of aromatic nitrogens is 2. The van der Waals surface area contributed by atoms with E-state index in [-0.39, 0.29) is 11.1 Å². The number of alkyl halides is 1. The van der Waals surface area contributed by atoms with E-state index in [0.717, 1.165) is 16.8 Å². The van der Waals surface area contributed by atoms with Gasteiger partial charge in [-0.05, 0) is 24.3 Å². The summed E-state index contributed by atoms with van der Waals surface area (Å²) in [7, 11) is 0. The van der Waals surface area contributed by atoms with Crippen molar-refractivity contribution in [1.29, 1.82) is 0 Å². The molecule has 4 rings (SSSR count). The number of nitrogens with one attached hydrogen (secondary N) is 1. The number of aromatic amines is 1. The number of nitrogens with zero attached hydrogens (tertiary/aromatic N) is 1. The normalized spacial score (nSPS) is 22.0. The van der Waals surface area contributed by atoms with Crippen molar-refractivity contribution in [3.8, 4) is 0 Å². The van der Waals surface area contributed by atoms with Gasteiger partial charge in [-0.15, -0.1) is 0 Å². The van der Waals surface area contributed by atoms with Crippen LogP contribution in [0, 0.1) is 0 Å². The van der Waals surface area contributed by atoms with Crippen LogP contribution in [0.2, 0.25) is 0 Å². The zero-order chi connectivity index (χ0) is 23.4. The number of benzene rings is 2. The van der Waals surface area contributed by atoms with Gasteiger partial charge in [0.25, 0.3) is 5.56 Å². The summed E-state index contributed by atoms with van der Waals surface area (Å²) in [5.41, 5.74) is -1.09. The third-order valence-electron chi connectivity index (χ3n) is 5.03. The second kappa shape index (κ2) is 9.61. The molecule has 170 valence electrons. The second-order valence-corrected chi connectivity index (χ2v) is 7.23. The third kappa shape index (κ3) is 4.90. The number of ether oxygens (including phenoxy) is 3. The van der Waals surface area contributed by atoms with Crippen LogP contribution in [0.15, 0.2) is 82.5 Å². The van der Waals surface area contributed by atoms with Gasteiger partial charge in [0.2, 0.25) is 0 Å². The molecule has 0 bridgehead atoms. The Morgan fingerprint density at radius 3 is 2.15 bits per heavy atom. The first-order valence-electron chi connectivity index (χ1n) is 10.0. The van der Waals surface area contributed by atoms with Gasteiger partial charge in [0.1, 0.15) is 12.7 Å². The van der Waals surface area contributed by atoms with Gasteiger partial charge in [-0.3, -0.25) is 14.3 Å². The Morgan fingerprint density at radius 2 is 1.55 bits per heavy atom. The number of halogens is 1. The van der Waals surface area contributed by atoms with Crippen LogP contribution in [-0.4, -0.2) is 46.5 Å². The SMILES string of the molecule is O=C(OC[C@H]1O[C@H](n2ccc(=O)[nH]c2=O)[C@H](F)[C@H]1OC(=O)c1ccccc1)c1ccccc1. The maximum absolute atomic E-state index is 15.4. The van der Waals surface area contributed by atoms with Crippen LogP contribution in [0.4, 0.5) is 4.39 Å². The van der Waals surface area contributed by atoms with E-state index in [9.17, 15) is 19.2 Å². The summed E-state index contributed by atoms with van der Waals surface area (Å²) in [6.45, 7) is -0.435. The molecule has 0 spiro atoms. The minimum absolute atomic E-state index is 0.189. The highest BCUT2D eigenvalue weighted by molar-refractivity contribution is 5.90. The molecule has 10 heteroatoms. The fourth-order valence-electron chi connectivity index (χ4n) is 3.40. The quantitative estimate of drug-likeness (QED) is 0.565. The van der Waals surface area contributed by atoms with Crippen molar-refractivity contribution < 1.29 is 28.2 Å². The molecule has 2 aromatic carbocycles. The van der Waals surface area contributed by atoms with Crippen molar-refractivity contribution >= 4 is 11.9 Å². The van der Waals surface area contributed by atoms with Crippen molar-refractivity contribution in [2.45, 2.75) is 24.6 Å². The van der Waals surface area contributed by atoms with Crippen molar-refractivity contribution in [2.24, 2.45) is 0 Å². The van der Waals surface area contributed by atoms with Crippen LogP contribution in [0.25, 0.3) is 0 Å². The molecule has 0 amide bonds. The lowest BCUT2D eigenvalue weighted by atomic mass is 10.1. The van der Waals surface area contributed by atoms with Gasteiger partial charge in [0, 0.05) is 12.3 Å². The van der Waals surface area contributed by atoms with Crippen LogP contribution in [-0.2, 0) is 14.2 Å². The lowest BCUT2D eigenvalue weighted by Crippen LogP contribution is -2.38. The molecule has 3 aromatic rings. The Labute approximate surface area is 186 Å². The first-order chi connectivity index (χ1) is 15.9. The average molecular weight is 454 g/mol. The molecular weight excluding hydrogens is 435 g/mol. The fourth-order valence-corrected chi connectivity index (χ4v) is 3.40. The standard InChI is InChI=1S/C23H19FN2O7/c24-18-19(33-22(29)15-9-5-2-6-10-15)16(13-31-21(28)14-7-3-1-4-8-14)32-20(18)26-12-11-17(27)25-23(26)30/h1-12,16,18-20H,13H2,(H,25,27,30)/t16-,18-,19+,20+/m1/s1. The monoisotopic (exact) mass is 454 g/mol. The number of hydrogen-bond donors (Lipinski definition) is 1. The Balaban J connectivity index is 1.56. The Kier molecular flexibility index (Phi) is 6.45. The van der Waals surface area contributed by atoms with Gasteiger partial charge < -0.3 is 14.2 Å². The maximum Gasteiger partial charge on any atom is 0.338 e. The highest BCUT2D eigenvalue weighted by atomic mass is 19.1. The third-order valence-corrected chi connectivity index (χ3v) is 5.03. The lowest BCUT2D eigenvalue weighted by molar-refractivity contribution is -0.0592. The molecule has 1 aromatic heterocycles. The molecule has 1 fully saturated rings. The fraction of sp³-hybridized carbons (Fsp3) is 0.217. The molecule has 0 aliphatic carbocycles. The molecule has 2 heterocycles. The predicted octanol–water partition coefficient (Wildman–Crippen LogP) is 1.85. The molecule has 0 radical (unpaired) electrons. The number of esters is 2. The van der Waals surface area contributed by atoms with E-state index in [1.807, 2.05) is 4.98 Å². The summed E-state index contributed by atoms with van der Waals surface area (Å²) < 4.78 is 32.5. The van der Waals surface area contributed by atoms with Crippen molar-refractivity contribution in [3.63, 3.8) is 0 Å². The average Bonchev–Trinajstić information content (AvgIpc) is 3.13. The van der Waals surface area contributed by atoms with E-state index in [2.05, 4.69) is 0 Å². The topological polar surface area (TPSA) is 117 Å². The van der Waals surface area contributed by atoms with E-state index in [4.69, 9.17) is 14.2 Å². The second-order valence-electron chi connectivity index (χ2n) is 7.23. The number of rotatable bonds is 6. The van der Waals surface area contributed by atoms with Crippen LogP contribution in [0.5, 0.6) is 0 Å². The molecule has 1 N–H and O–H groups in total. The largest absolute Gasteiger partial charge is 0.459 e. The molecule has 1 aliphatic heterocycles. The van der Waals surface area contributed by atoms with Gasteiger partial charge in [0.05, 0.1) is 11.1 Å². The first kappa shape index (κ1) is 22.2. The molecule has 0 unspecified atom stereocenters. The molecule has 1 saturated heterocycles. The summed E-state index contributed by atoms with van der Waals surface area (Å²) in [6.07, 6.45) is -5.10. The van der Waals surface area contributed by atoms with Gasteiger partial charge in [-0.2, -0.15) is 0 Å². The van der Waals surface area contributed by atoms with E-state index in [1.54, 1.807) is 48.5 Å². The van der Waals surface area contributed by atoms with Crippen LogP contribution < -0.4 is 11.2 Å². The van der Waals surface area contributed by atoms with Crippen LogP contribution in [0.3, 0.4) is 0 Å². The zero-order valence-electron chi connectivity index (χ0n) is 17.1. The highest BCUT2D eigenvalue weighted by Gasteiger charge is 2.49. The Morgan fingerprint density at radius 1 is 0.939 bits per heavy atom. The number of carbonyl (C=O) groups is 2. The molecule has 4 atom stereocenters. The maximum atomic E-state index is 15.4. The highest BCUT2D eigenvalue weighted by Crippen LogP contribution is 2.33. The molecular formula is C23H19FN2O7. The predicted molar refractivity (Wildman–Crippen MR) is 112 cm³/mol. The van der Waals surface area contributed by atoms with Gasteiger partial charge in [0.15, 0.2) is 18.5 Å². The number of H-pyrrole nitrogens is 1. The molecule has 1 aliphatic rings. The van der Waals surface area contributed by atoms with E-state index < -0.39 is 54.4 Å². The zero-order valence-corrected chi connectivity index (χ0v) is 17.1. The van der Waals surface area contributed by atoms with Crippen molar-refractivity contribution in [3.05, 3.63) is 105 Å². The van der Waals surface area contributed by atoms with Gasteiger partial charge in [-0.25, -0.2) is 18.8 Å². The summed E-state index contributed by atoms with van der Waals surface area (Å²) >= 11 is 0.